The van der Waals surface area contributed by atoms with Crippen LogP contribution < -0.4 is 10.6 Å². The Morgan fingerprint density at radius 2 is 1.76 bits per heavy atom. The zero-order chi connectivity index (χ0) is 20.1. The summed E-state index contributed by atoms with van der Waals surface area (Å²) >= 11 is 0. The molecule has 142 valence electrons. The molecule has 0 atom stereocenters. The van der Waals surface area contributed by atoms with E-state index >= 15 is 0 Å². The first kappa shape index (κ1) is 18.2. The number of nitrogens with zero attached hydrogens (tertiary/aromatic N) is 4. The van der Waals surface area contributed by atoms with E-state index in [0.717, 1.165) is 11.1 Å². The Balaban J connectivity index is 1.55. The van der Waals surface area contributed by atoms with Crippen molar-refractivity contribution in [3.8, 4) is 11.1 Å². The van der Waals surface area contributed by atoms with E-state index in [1.807, 2.05) is 36.4 Å². The Hall–Kier alpha value is -4.20. The van der Waals surface area contributed by atoms with Gasteiger partial charge in [0.2, 0.25) is 11.9 Å². The number of hydrogen-bond donors (Lipinski definition) is 2. The summed E-state index contributed by atoms with van der Waals surface area (Å²) in [5, 5.41) is 5.73. The van der Waals surface area contributed by atoms with E-state index in [2.05, 4.69) is 30.6 Å². The molecule has 2 N–H and O–H groups in total. The summed E-state index contributed by atoms with van der Waals surface area (Å²) < 4.78 is 12.9. The standard InChI is InChI=1S/C21H15FN6O/c22-19-7-6-15(12-25-19)26-21-24-11-9-17(28-21)20(29)27-18-13-23-10-8-16(18)14-4-2-1-3-5-14/h1-13H,(H,27,29)(H,24,26,28). The molecule has 8 heteroatoms. The highest BCUT2D eigenvalue weighted by atomic mass is 19.1. The highest BCUT2D eigenvalue weighted by Crippen LogP contribution is 2.27. The van der Waals surface area contributed by atoms with Gasteiger partial charge in [-0.05, 0) is 29.8 Å². The van der Waals surface area contributed by atoms with E-state index in [0.29, 0.717) is 11.4 Å². The van der Waals surface area contributed by atoms with Crippen molar-refractivity contribution in [3.05, 3.63) is 91.0 Å². The Labute approximate surface area is 165 Å². The van der Waals surface area contributed by atoms with Gasteiger partial charge in [-0.3, -0.25) is 9.78 Å². The average Bonchev–Trinajstić information content (AvgIpc) is 2.76. The summed E-state index contributed by atoms with van der Waals surface area (Å²) in [6.45, 7) is 0. The molecule has 3 heterocycles. The van der Waals surface area contributed by atoms with E-state index in [1.165, 1.54) is 30.6 Å². The maximum atomic E-state index is 12.9. The summed E-state index contributed by atoms with van der Waals surface area (Å²) in [4.78, 5) is 28.7. The molecule has 0 aliphatic heterocycles. The molecular formula is C21H15FN6O. The number of carbonyl (C=O) groups excluding carboxylic acids is 1. The van der Waals surface area contributed by atoms with Gasteiger partial charge in [0.15, 0.2) is 0 Å². The zero-order valence-corrected chi connectivity index (χ0v) is 15.1. The van der Waals surface area contributed by atoms with E-state index in [-0.39, 0.29) is 11.6 Å². The van der Waals surface area contributed by atoms with Gasteiger partial charge in [0.25, 0.3) is 5.91 Å². The Morgan fingerprint density at radius 3 is 2.55 bits per heavy atom. The number of hydrogen-bond acceptors (Lipinski definition) is 6. The number of halogens is 1. The first-order valence-electron chi connectivity index (χ1n) is 8.71. The SMILES string of the molecule is O=C(Nc1cnccc1-c1ccccc1)c1ccnc(Nc2ccc(F)nc2)n1. The van der Waals surface area contributed by atoms with Crippen LogP contribution in [0.3, 0.4) is 0 Å². The highest BCUT2D eigenvalue weighted by molar-refractivity contribution is 6.05. The van der Waals surface area contributed by atoms with Crippen molar-refractivity contribution in [1.82, 2.24) is 19.9 Å². The van der Waals surface area contributed by atoms with Crippen LogP contribution in [-0.2, 0) is 0 Å². The molecule has 0 fully saturated rings. The second-order valence-corrected chi connectivity index (χ2v) is 6.00. The molecule has 1 amide bonds. The van der Waals surface area contributed by atoms with Gasteiger partial charge in [-0.25, -0.2) is 15.0 Å². The first-order valence-corrected chi connectivity index (χ1v) is 8.71. The van der Waals surface area contributed by atoms with Gasteiger partial charge in [-0.2, -0.15) is 4.39 Å². The fourth-order valence-electron chi connectivity index (χ4n) is 2.67. The molecule has 4 aromatic rings. The third-order valence-corrected chi connectivity index (χ3v) is 4.03. The van der Waals surface area contributed by atoms with Gasteiger partial charge in [-0.15, -0.1) is 0 Å². The molecule has 29 heavy (non-hydrogen) atoms. The van der Waals surface area contributed by atoms with Gasteiger partial charge in [0, 0.05) is 18.0 Å². The van der Waals surface area contributed by atoms with Crippen LogP contribution >= 0.6 is 0 Å². The number of aromatic nitrogens is 4. The summed E-state index contributed by atoms with van der Waals surface area (Å²) in [5.41, 5.74) is 3.04. The van der Waals surface area contributed by atoms with Crippen LogP contribution in [0.5, 0.6) is 0 Å². The number of amides is 1. The van der Waals surface area contributed by atoms with E-state index in [4.69, 9.17) is 0 Å². The predicted octanol–water partition coefficient (Wildman–Crippen LogP) is 4.07. The molecule has 1 aromatic carbocycles. The van der Waals surface area contributed by atoms with Crippen LogP contribution in [0.25, 0.3) is 11.1 Å². The topological polar surface area (TPSA) is 92.7 Å². The van der Waals surface area contributed by atoms with Crippen molar-refractivity contribution >= 4 is 23.2 Å². The predicted molar refractivity (Wildman–Crippen MR) is 107 cm³/mol. The number of benzene rings is 1. The summed E-state index contributed by atoms with van der Waals surface area (Å²) in [6.07, 6.45) is 6.03. The van der Waals surface area contributed by atoms with Crippen LogP contribution in [0.4, 0.5) is 21.7 Å². The number of pyridine rings is 2. The molecular weight excluding hydrogens is 371 g/mol. The molecule has 0 spiro atoms. The maximum Gasteiger partial charge on any atom is 0.274 e. The van der Waals surface area contributed by atoms with Crippen molar-refractivity contribution in [2.24, 2.45) is 0 Å². The molecule has 0 bridgehead atoms. The third-order valence-electron chi connectivity index (χ3n) is 4.03. The molecule has 0 aliphatic carbocycles. The molecule has 3 aromatic heterocycles. The molecule has 0 saturated heterocycles. The lowest BCUT2D eigenvalue weighted by molar-refractivity contribution is 0.102. The number of rotatable bonds is 5. The van der Waals surface area contributed by atoms with E-state index in [1.54, 1.807) is 12.4 Å². The van der Waals surface area contributed by atoms with Gasteiger partial charge >= 0.3 is 0 Å². The lowest BCUT2D eigenvalue weighted by Gasteiger charge is -2.11. The van der Waals surface area contributed by atoms with Crippen LogP contribution in [0.15, 0.2) is 79.4 Å². The summed E-state index contributed by atoms with van der Waals surface area (Å²) in [5.74, 6) is -0.798. The molecule has 7 nitrogen and oxygen atoms in total. The maximum absolute atomic E-state index is 12.9. The zero-order valence-electron chi connectivity index (χ0n) is 15.1. The smallest absolute Gasteiger partial charge is 0.274 e. The van der Waals surface area contributed by atoms with Crippen molar-refractivity contribution in [1.29, 1.82) is 0 Å². The molecule has 4 rings (SSSR count). The normalized spacial score (nSPS) is 10.4. The number of nitrogens with one attached hydrogen (secondary N) is 2. The second kappa shape index (κ2) is 8.22. The van der Waals surface area contributed by atoms with Crippen molar-refractivity contribution < 1.29 is 9.18 Å². The van der Waals surface area contributed by atoms with Crippen LogP contribution in [0.1, 0.15) is 10.5 Å². The van der Waals surface area contributed by atoms with Gasteiger partial charge in [0.05, 0.1) is 23.8 Å². The molecule has 0 saturated carbocycles. The highest BCUT2D eigenvalue weighted by Gasteiger charge is 2.13. The van der Waals surface area contributed by atoms with Crippen molar-refractivity contribution in [2.45, 2.75) is 0 Å². The number of anilines is 3. The third kappa shape index (κ3) is 4.38. The van der Waals surface area contributed by atoms with Crippen molar-refractivity contribution in [2.75, 3.05) is 10.6 Å². The minimum absolute atomic E-state index is 0.167. The lowest BCUT2D eigenvalue weighted by atomic mass is 10.1. The summed E-state index contributed by atoms with van der Waals surface area (Å²) in [7, 11) is 0. The Kier molecular flexibility index (Phi) is 5.15. The number of carbonyl (C=O) groups is 1. The monoisotopic (exact) mass is 386 g/mol. The van der Waals surface area contributed by atoms with Crippen LogP contribution in [0.2, 0.25) is 0 Å². The van der Waals surface area contributed by atoms with Gasteiger partial charge in [0.1, 0.15) is 5.69 Å². The quantitative estimate of drug-likeness (QED) is 0.502. The fourth-order valence-corrected chi connectivity index (χ4v) is 2.67. The minimum atomic E-state index is -0.588. The average molecular weight is 386 g/mol. The minimum Gasteiger partial charge on any atom is -0.323 e. The Bertz CT molecular complexity index is 1140. The molecule has 0 radical (unpaired) electrons. The van der Waals surface area contributed by atoms with Crippen LogP contribution in [0, 0.1) is 5.95 Å². The lowest BCUT2D eigenvalue weighted by Crippen LogP contribution is -2.15. The van der Waals surface area contributed by atoms with Gasteiger partial charge < -0.3 is 10.6 Å². The molecule has 0 unspecified atom stereocenters. The molecule has 0 aliphatic rings. The first-order chi connectivity index (χ1) is 14.2. The van der Waals surface area contributed by atoms with Crippen molar-refractivity contribution in [3.63, 3.8) is 0 Å². The van der Waals surface area contributed by atoms with E-state index in [9.17, 15) is 9.18 Å². The largest absolute Gasteiger partial charge is 0.323 e. The van der Waals surface area contributed by atoms with Gasteiger partial charge in [-0.1, -0.05) is 30.3 Å². The fraction of sp³-hybridized carbons (Fsp3) is 0. The second-order valence-electron chi connectivity index (χ2n) is 6.00. The Morgan fingerprint density at radius 1 is 0.897 bits per heavy atom. The van der Waals surface area contributed by atoms with Crippen LogP contribution in [-0.4, -0.2) is 25.8 Å². The van der Waals surface area contributed by atoms with E-state index < -0.39 is 11.9 Å². The summed E-state index contributed by atoms with van der Waals surface area (Å²) in [6, 6.07) is 15.7.